The lowest BCUT2D eigenvalue weighted by Gasteiger charge is -2.06. The average Bonchev–Trinajstić information content (AvgIpc) is 2.18. The van der Waals surface area contributed by atoms with E-state index < -0.39 is 0 Å². The molecule has 0 saturated carbocycles. The molecule has 1 rings (SSSR count). The minimum absolute atomic E-state index is 0.782. The second kappa shape index (κ2) is 6.44. The summed E-state index contributed by atoms with van der Waals surface area (Å²) in [4.78, 5) is 0. The lowest BCUT2D eigenvalue weighted by molar-refractivity contribution is 0.305. The summed E-state index contributed by atoms with van der Waals surface area (Å²) in [6.07, 6.45) is 3.34. The van der Waals surface area contributed by atoms with Crippen LogP contribution >= 0.6 is 0 Å². The van der Waals surface area contributed by atoms with E-state index in [2.05, 4.69) is 19.1 Å². The highest BCUT2D eigenvalue weighted by Gasteiger charge is 1.93. The number of hydrogen-bond donors (Lipinski definition) is 1. The molecule has 1 aromatic carbocycles. The third-order valence-corrected chi connectivity index (χ3v) is 2.11. The van der Waals surface area contributed by atoms with Gasteiger partial charge in [0.2, 0.25) is 0 Å². The number of unbranched alkanes of at least 4 members (excludes halogenated alkanes) is 2. The molecule has 1 aromatic rings. The number of rotatable bonds is 6. The van der Waals surface area contributed by atoms with Crippen LogP contribution in [0.1, 0.15) is 24.8 Å². The molecule has 0 aliphatic heterocycles. The quantitative estimate of drug-likeness (QED) is 0.704. The highest BCUT2D eigenvalue weighted by atomic mass is 16.5. The van der Waals surface area contributed by atoms with E-state index in [9.17, 15) is 0 Å². The van der Waals surface area contributed by atoms with Crippen molar-refractivity contribution in [3.63, 3.8) is 0 Å². The summed E-state index contributed by atoms with van der Waals surface area (Å²) in [5.74, 6) is 0.970. The zero-order valence-electron chi connectivity index (χ0n) is 8.83. The Morgan fingerprint density at radius 3 is 2.79 bits per heavy atom. The number of aryl methyl sites for hydroxylation is 1. The van der Waals surface area contributed by atoms with E-state index in [0.29, 0.717) is 0 Å². The summed E-state index contributed by atoms with van der Waals surface area (Å²) in [6.45, 7) is 3.65. The fourth-order valence-corrected chi connectivity index (χ4v) is 1.32. The lowest BCUT2D eigenvalue weighted by atomic mass is 10.2. The summed E-state index contributed by atoms with van der Waals surface area (Å²) in [5.41, 5.74) is 6.64. The highest BCUT2D eigenvalue weighted by molar-refractivity contribution is 5.27. The van der Waals surface area contributed by atoms with E-state index in [1.807, 2.05) is 12.1 Å². The van der Waals surface area contributed by atoms with Crippen molar-refractivity contribution in [1.29, 1.82) is 0 Å². The van der Waals surface area contributed by atoms with E-state index >= 15 is 0 Å². The van der Waals surface area contributed by atoms with Gasteiger partial charge < -0.3 is 10.5 Å². The maximum absolute atomic E-state index is 5.59. The number of nitrogens with two attached hydrogens (primary N) is 1. The molecule has 0 radical (unpaired) electrons. The van der Waals surface area contributed by atoms with Gasteiger partial charge in [0.05, 0.1) is 6.61 Å². The van der Waals surface area contributed by atoms with Crippen molar-refractivity contribution in [1.82, 2.24) is 0 Å². The van der Waals surface area contributed by atoms with Crippen LogP contribution in [0.3, 0.4) is 0 Å². The normalized spacial score (nSPS) is 10.1. The van der Waals surface area contributed by atoms with Gasteiger partial charge >= 0.3 is 0 Å². The predicted molar refractivity (Wildman–Crippen MR) is 59.6 cm³/mol. The van der Waals surface area contributed by atoms with Crippen molar-refractivity contribution in [2.24, 2.45) is 5.73 Å². The third kappa shape index (κ3) is 4.28. The molecular formula is C12H19NO. The first kappa shape index (κ1) is 11.1. The third-order valence-electron chi connectivity index (χ3n) is 2.11. The molecule has 0 unspecified atom stereocenters. The van der Waals surface area contributed by atoms with Gasteiger partial charge in [-0.2, -0.15) is 0 Å². The van der Waals surface area contributed by atoms with Crippen LogP contribution in [0.4, 0.5) is 0 Å². The second-order valence-electron chi connectivity index (χ2n) is 3.51. The van der Waals surface area contributed by atoms with Gasteiger partial charge in [-0.05, 0) is 50.4 Å². The van der Waals surface area contributed by atoms with Crippen LogP contribution in [-0.2, 0) is 0 Å². The first-order valence-corrected chi connectivity index (χ1v) is 5.22. The van der Waals surface area contributed by atoms with Gasteiger partial charge in [0.25, 0.3) is 0 Å². The van der Waals surface area contributed by atoms with E-state index in [-0.39, 0.29) is 0 Å². The van der Waals surface area contributed by atoms with E-state index in [1.54, 1.807) is 0 Å². The molecule has 0 aromatic heterocycles. The topological polar surface area (TPSA) is 35.2 Å². The lowest BCUT2D eigenvalue weighted by Crippen LogP contribution is -2.01. The molecular weight excluding hydrogens is 174 g/mol. The molecule has 0 aliphatic rings. The first-order valence-electron chi connectivity index (χ1n) is 5.22. The Balaban J connectivity index is 2.18. The average molecular weight is 193 g/mol. The Morgan fingerprint density at radius 1 is 1.21 bits per heavy atom. The fourth-order valence-electron chi connectivity index (χ4n) is 1.32. The van der Waals surface area contributed by atoms with Crippen LogP contribution in [0.2, 0.25) is 0 Å². The van der Waals surface area contributed by atoms with Crippen molar-refractivity contribution < 1.29 is 4.74 Å². The smallest absolute Gasteiger partial charge is 0.119 e. The van der Waals surface area contributed by atoms with Crippen LogP contribution in [0, 0.1) is 6.92 Å². The highest BCUT2D eigenvalue weighted by Crippen LogP contribution is 2.12. The van der Waals surface area contributed by atoms with Gasteiger partial charge in [-0.25, -0.2) is 0 Å². The van der Waals surface area contributed by atoms with Crippen LogP contribution in [0.15, 0.2) is 24.3 Å². The van der Waals surface area contributed by atoms with Crippen LogP contribution in [0.5, 0.6) is 5.75 Å². The van der Waals surface area contributed by atoms with Crippen molar-refractivity contribution in [2.45, 2.75) is 26.2 Å². The molecule has 78 valence electrons. The van der Waals surface area contributed by atoms with Crippen LogP contribution in [-0.4, -0.2) is 13.2 Å². The van der Waals surface area contributed by atoms with Gasteiger partial charge in [-0.15, -0.1) is 0 Å². The molecule has 0 atom stereocenters. The number of ether oxygens (including phenoxy) is 1. The molecule has 2 nitrogen and oxygen atoms in total. The van der Waals surface area contributed by atoms with E-state index in [4.69, 9.17) is 10.5 Å². The molecule has 0 bridgehead atoms. The fraction of sp³-hybridized carbons (Fsp3) is 0.500. The van der Waals surface area contributed by atoms with Gasteiger partial charge in [-0.1, -0.05) is 12.1 Å². The second-order valence-corrected chi connectivity index (χ2v) is 3.51. The molecule has 0 fully saturated rings. The molecule has 0 saturated heterocycles. The first-order chi connectivity index (χ1) is 6.83. The zero-order chi connectivity index (χ0) is 10.2. The zero-order valence-corrected chi connectivity index (χ0v) is 8.83. The van der Waals surface area contributed by atoms with Crippen LogP contribution in [0.25, 0.3) is 0 Å². The molecule has 0 aliphatic carbocycles. The maximum atomic E-state index is 5.59. The van der Waals surface area contributed by atoms with Gasteiger partial charge in [0.15, 0.2) is 0 Å². The molecule has 14 heavy (non-hydrogen) atoms. The Hall–Kier alpha value is -1.02. The summed E-state index contributed by atoms with van der Waals surface area (Å²) in [5, 5.41) is 0. The van der Waals surface area contributed by atoms with Crippen molar-refractivity contribution in [3.05, 3.63) is 29.8 Å². The summed E-state index contributed by atoms with van der Waals surface area (Å²) in [6, 6.07) is 8.14. The van der Waals surface area contributed by atoms with Crippen molar-refractivity contribution in [3.8, 4) is 5.75 Å². The Bertz CT molecular complexity index is 260. The number of hydrogen-bond acceptors (Lipinski definition) is 2. The van der Waals surface area contributed by atoms with Crippen molar-refractivity contribution in [2.75, 3.05) is 13.2 Å². The monoisotopic (exact) mass is 193 g/mol. The van der Waals surface area contributed by atoms with Crippen LogP contribution < -0.4 is 10.5 Å². The predicted octanol–water partition coefficient (Wildman–Crippen LogP) is 2.50. The maximum Gasteiger partial charge on any atom is 0.119 e. The van der Waals surface area contributed by atoms with Gasteiger partial charge in [0, 0.05) is 0 Å². The Kier molecular flexibility index (Phi) is 5.08. The molecule has 0 spiro atoms. The molecule has 0 heterocycles. The molecule has 2 heteroatoms. The Morgan fingerprint density at radius 2 is 2.07 bits per heavy atom. The summed E-state index contributed by atoms with van der Waals surface area (Å²) >= 11 is 0. The molecule has 2 N–H and O–H groups in total. The van der Waals surface area contributed by atoms with Gasteiger partial charge in [0.1, 0.15) is 5.75 Å². The minimum atomic E-state index is 0.782. The standard InChI is InChI=1S/C12H19NO/c1-11-6-5-7-12(10-11)14-9-4-2-3-8-13/h5-7,10H,2-4,8-9,13H2,1H3. The molecule has 0 amide bonds. The van der Waals surface area contributed by atoms with Crippen molar-refractivity contribution >= 4 is 0 Å². The largest absolute Gasteiger partial charge is 0.494 e. The SMILES string of the molecule is Cc1cccc(OCCCCCN)c1. The Labute approximate surface area is 86.1 Å². The number of benzene rings is 1. The summed E-state index contributed by atoms with van der Waals surface area (Å²) in [7, 11) is 0. The van der Waals surface area contributed by atoms with Gasteiger partial charge in [-0.3, -0.25) is 0 Å². The van der Waals surface area contributed by atoms with E-state index in [1.165, 1.54) is 5.56 Å². The van der Waals surface area contributed by atoms with E-state index in [0.717, 1.165) is 38.2 Å². The minimum Gasteiger partial charge on any atom is -0.494 e. The summed E-state index contributed by atoms with van der Waals surface area (Å²) < 4.78 is 5.59.